The highest BCUT2D eigenvalue weighted by molar-refractivity contribution is 6.20. The first-order valence-electron chi connectivity index (χ1n) is 4.64. The fourth-order valence-corrected chi connectivity index (χ4v) is 3.71. The largest absolute Gasteiger partial charge is 0.299 e. The molecule has 0 radical (unpaired) electrons. The van der Waals surface area contributed by atoms with E-state index in [9.17, 15) is 4.79 Å². The maximum Gasteiger partial charge on any atom is 0.141 e. The summed E-state index contributed by atoms with van der Waals surface area (Å²) in [5, 5.41) is 0. The SMILES string of the molecule is CC1(C)[C@@H]2CC[C@@]1(CCl)C(=O)C2. The van der Waals surface area contributed by atoms with Crippen molar-refractivity contribution in [2.45, 2.75) is 33.1 Å². The van der Waals surface area contributed by atoms with E-state index in [2.05, 4.69) is 13.8 Å². The van der Waals surface area contributed by atoms with Gasteiger partial charge in [-0.2, -0.15) is 0 Å². The van der Waals surface area contributed by atoms with Crippen molar-refractivity contribution < 1.29 is 4.79 Å². The maximum absolute atomic E-state index is 11.7. The number of hydrogen-bond acceptors (Lipinski definition) is 1. The quantitative estimate of drug-likeness (QED) is 0.576. The zero-order valence-electron chi connectivity index (χ0n) is 7.69. The van der Waals surface area contributed by atoms with Crippen LogP contribution in [0.5, 0.6) is 0 Å². The van der Waals surface area contributed by atoms with Gasteiger partial charge in [-0.25, -0.2) is 0 Å². The van der Waals surface area contributed by atoms with Crippen molar-refractivity contribution in [3.8, 4) is 0 Å². The second-order valence-electron chi connectivity index (χ2n) is 4.80. The molecule has 2 heteroatoms. The Labute approximate surface area is 78.5 Å². The van der Waals surface area contributed by atoms with Gasteiger partial charge in [0.1, 0.15) is 5.78 Å². The molecular weight excluding hydrogens is 172 g/mol. The summed E-state index contributed by atoms with van der Waals surface area (Å²) >= 11 is 5.95. The third kappa shape index (κ3) is 0.693. The van der Waals surface area contributed by atoms with Crippen LogP contribution in [-0.2, 0) is 4.79 Å². The third-order valence-electron chi connectivity index (χ3n) is 4.37. The van der Waals surface area contributed by atoms with Gasteiger partial charge in [0.05, 0.1) is 0 Å². The Morgan fingerprint density at radius 3 is 2.50 bits per heavy atom. The summed E-state index contributed by atoms with van der Waals surface area (Å²) < 4.78 is 0. The molecule has 68 valence electrons. The molecule has 0 unspecified atom stereocenters. The number of rotatable bonds is 1. The summed E-state index contributed by atoms with van der Waals surface area (Å²) in [6.45, 7) is 4.41. The fourth-order valence-electron chi connectivity index (χ4n) is 3.08. The van der Waals surface area contributed by atoms with Crippen molar-refractivity contribution in [1.29, 1.82) is 0 Å². The van der Waals surface area contributed by atoms with Gasteiger partial charge < -0.3 is 0 Å². The molecule has 0 aromatic heterocycles. The Balaban J connectivity index is 2.46. The van der Waals surface area contributed by atoms with E-state index < -0.39 is 0 Å². The van der Waals surface area contributed by atoms with Crippen LogP contribution in [0.1, 0.15) is 33.1 Å². The number of alkyl halides is 1. The highest BCUT2D eigenvalue weighted by Gasteiger charge is 2.63. The highest BCUT2D eigenvalue weighted by atomic mass is 35.5. The van der Waals surface area contributed by atoms with Crippen LogP contribution in [0.3, 0.4) is 0 Å². The van der Waals surface area contributed by atoms with E-state index in [1.807, 2.05) is 0 Å². The van der Waals surface area contributed by atoms with Crippen LogP contribution in [-0.4, -0.2) is 11.7 Å². The first-order valence-corrected chi connectivity index (χ1v) is 5.17. The molecule has 0 amide bonds. The minimum absolute atomic E-state index is 0.159. The molecule has 2 aliphatic rings. The Morgan fingerprint density at radius 2 is 2.25 bits per heavy atom. The molecule has 0 N–H and O–H groups in total. The fraction of sp³-hybridized carbons (Fsp3) is 0.900. The summed E-state index contributed by atoms with van der Waals surface area (Å²) in [5.74, 6) is 1.54. The van der Waals surface area contributed by atoms with Crippen molar-refractivity contribution in [3.05, 3.63) is 0 Å². The number of ketones is 1. The minimum atomic E-state index is -0.167. The van der Waals surface area contributed by atoms with Crippen molar-refractivity contribution in [3.63, 3.8) is 0 Å². The smallest absolute Gasteiger partial charge is 0.141 e. The van der Waals surface area contributed by atoms with Gasteiger partial charge in [-0.05, 0) is 24.2 Å². The summed E-state index contributed by atoms with van der Waals surface area (Å²) in [5.41, 5.74) is -0.00887. The van der Waals surface area contributed by atoms with Crippen LogP contribution in [0.25, 0.3) is 0 Å². The predicted molar refractivity (Wildman–Crippen MR) is 49.3 cm³/mol. The van der Waals surface area contributed by atoms with Gasteiger partial charge in [-0.15, -0.1) is 11.6 Å². The molecule has 0 saturated heterocycles. The van der Waals surface area contributed by atoms with Gasteiger partial charge in [-0.3, -0.25) is 4.79 Å². The molecule has 0 aromatic rings. The van der Waals surface area contributed by atoms with Gasteiger partial charge in [0.2, 0.25) is 0 Å². The predicted octanol–water partition coefficient (Wildman–Crippen LogP) is 2.62. The number of fused-ring (bicyclic) bond motifs is 2. The molecule has 2 rings (SSSR count). The molecule has 0 heterocycles. The molecule has 12 heavy (non-hydrogen) atoms. The second-order valence-corrected chi connectivity index (χ2v) is 5.07. The van der Waals surface area contributed by atoms with E-state index in [4.69, 9.17) is 11.6 Å². The van der Waals surface area contributed by atoms with Crippen molar-refractivity contribution in [2.75, 3.05) is 5.88 Å². The van der Waals surface area contributed by atoms with Crippen LogP contribution >= 0.6 is 11.6 Å². The number of halogens is 1. The number of carbonyl (C=O) groups excluding carboxylic acids is 1. The third-order valence-corrected chi connectivity index (χ3v) is 4.82. The lowest BCUT2D eigenvalue weighted by molar-refractivity contribution is -0.127. The molecule has 2 fully saturated rings. The lowest BCUT2D eigenvalue weighted by atomic mass is 9.70. The monoisotopic (exact) mass is 186 g/mol. The van der Waals surface area contributed by atoms with Crippen molar-refractivity contribution in [1.82, 2.24) is 0 Å². The van der Waals surface area contributed by atoms with Crippen LogP contribution in [0.15, 0.2) is 0 Å². The number of hydrogen-bond donors (Lipinski definition) is 0. The Kier molecular flexibility index (Phi) is 1.61. The van der Waals surface area contributed by atoms with Crippen LogP contribution in [0.2, 0.25) is 0 Å². The zero-order chi connectivity index (χ0) is 8.98. The van der Waals surface area contributed by atoms with E-state index in [0.717, 1.165) is 12.8 Å². The summed E-state index contributed by atoms with van der Waals surface area (Å²) in [6.07, 6.45) is 3.00. The van der Waals surface area contributed by atoms with E-state index in [0.29, 0.717) is 17.6 Å². The molecular formula is C10H15ClO. The molecule has 2 aliphatic carbocycles. The van der Waals surface area contributed by atoms with Gasteiger partial charge in [0, 0.05) is 17.7 Å². The van der Waals surface area contributed by atoms with E-state index >= 15 is 0 Å². The highest BCUT2D eigenvalue weighted by Crippen LogP contribution is 2.64. The van der Waals surface area contributed by atoms with Gasteiger partial charge in [-0.1, -0.05) is 13.8 Å². The average Bonchev–Trinajstić information content (AvgIpc) is 2.36. The lowest BCUT2D eigenvalue weighted by Crippen LogP contribution is -2.37. The number of Topliss-reactive ketones (excluding diaryl/α,β-unsaturated/α-hetero) is 1. The Morgan fingerprint density at radius 1 is 1.58 bits per heavy atom. The molecule has 1 nitrogen and oxygen atoms in total. The van der Waals surface area contributed by atoms with Gasteiger partial charge >= 0.3 is 0 Å². The van der Waals surface area contributed by atoms with Crippen molar-refractivity contribution >= 4 is 17.4 Å². The first kappa shape index (κ1) is 8.55. The zero-order valence-corrected chi connectivity index (χ0v) is 8.45. The van der Waals surface area contributed by atoms with Crippen LogP contribution in [0.4, 0.5) is 0 Å². The molecule has 0 aliphatic heterocycles. The first-order chi connectivity index (χ1) is 5.54. The molecule has 2 atom stereocenters. The van der Waals surface area contributed by atoms with E-state index in [1.165, 1.54) is 6.42 Å². The normalized spacial score (nSPS) is 43.9. The van der Waals surface area contributed by atoms with Crippen LogP contribution < -0.4 is 0 Å². The summed E-state index contributed by atoms with van der Waals surface area (Å²) in [7, 11) is 0. The summed E-state index contributed by atoms with van der Waals surface area (Å²) in [4.78, 5) is 11.7. The molecule has 2 saturated carbocycles. The minimum Gasteiger partial charge on any atom is -0.299 e. The average molecular weight is 187 g/mol. The maximum atomic E-state index is 11.7. The standard InChI is InChI=1S/C10H15ClO/c1-9(2)7-3-4-10(9,6-11)8(12)5-7/h7H,3-6H2,1-2H3/t7-,10-/m1/s1. The Bertz CT molecular complexity index is 234. The van der Waals surface area contributed by atoms with E-state index in [1.54, 1.807) is 0 Å². The van der Waals surface area contributed by atoms with E-state index in [-0.39, 0.29) is 10.8 Å². The molecule has 0 spiro atoms. The van der Waals surface area contributed by atoms with Crippen LogP contribution in [0, 0.1) is 16.7 Å². The van der Waals surface area contributed by atoms with Crippen molar-refractivity contribution in [2.24, 2.45) is 16.7 Å². The second kappa shape index (κ2) is 2.25. The summed E-state index contributed by atoms with van der Waals surface area (Å²) in [6, 6.07) is 0. The van der Waals surface area contributed by atoms with Gasteiger partial charge in [0.25, 0.3) is 0 Å². The van der Waals surface area contributed by atoms with Gasteiger partial charge in [0.15, 0.2) is 0 Å². The lowest BCUT2D eigenvalue weighted by Gasteiger charge is -2.34. The topological polar surface area (TPSA) is 17.1 Å². The Hall–Kier alpha value is -0.0400. The molecule has 0 aromatic carbocycles. The molecule has 2 bridgehead atoms. The number of carbonyl (C=O) groups is 1.